The van der Waals surface area contributed by atoms with Gasteiger partial charge in [0.15, 0.2) is 5.82 Å². The zero-order valence-electron chi connectivity index (χ0n) is 13.7. The molecule has 1 aliphatic rings. The number of hydrogen-bond acceptors (Lipinski definition) is 5. The third-order valence-electron chi connectivity index (χ3n) is 4.27. The molecule has 0 aliphatic carbocycles. The first-order valence-electron chi connectivity index (χ1n) is 8.36. The second-order valence-corrected chi connectivity index (χ2v) is 6.00. The highest BCUT2D eigenvalue weighted by molar-refractivity contribution is 5.94. The van der Waals surface area contributed by atoms with Gasteiger partial charge in [-0.2, -0.15) is 10.2 Å². The summed E-state index contributed by atoms with van der Waals surface area (Å²) in [6.07, 6.45) is 4.56. The minimum Gasteiger partial charge on any atom is -0.337 e. The Morgan fingerprint density at radius 2 is 2.17 bits per heavy atom. The monoisotopic (exact) mass is 324 g/mol. The van der Waals surface area contributed by atoms with E-state index in [0.717, 1.165) is 32.1 Å². The van der Waals surface area contributed by atoms with Crippen LogP contribution in [0.3, 0.4) is 0 Å². The van der Waals surface area contributed by atoms with Gasteiger partial charge < -0.3 is 9.42 Å². The van der Waals surface area contributed by atoms with Crippen molar-refractivity contribution in [1.29, 1.82) is 5.26 Å². The molecule has 1 aromatic heterocycles. The number of piperidine rings is 1. The van der Waals surface area contributed by atoms with Gasteiger partial charge in [-0.25, -0.2) is 0 Å². The number of benzene rings is 1. The predicted octanol–water partition coefficient (Wildman–Crippen LogP) is 3.26. The summed E-state index contributed by atoms with van der Waals surface area (Å²) in [5.41, 5.74) is 1.12. The largest absolute Gasteiger partial charge is 0.337 e. The highest BCUT2D eigenvalue weighted by Crippen LogP contribution is 2.31. The van der Waals surface area contributed by atoms with E-state index >= 15 is 0 Å². The van der Waals surface area contributed by atoms with E-state index in [4.69, 9.17) is 9.78 Å². The maximum absolute atomic E-state index is 12.9. The second-order valence-electron chi connectivity index (χ2n) is 6.00. The quantitative estimate of drug-likeness (QED) is 0.862. The zero-order chi connectivity index (χ0) is 16.9. The molecule has 0 saturated carbocycles. The molecule has 6 heteroatoms. The van der Waals surface area contributed by atoms with E-state index in [1.807, 2.05) is 4.90 Å². The normalized spacial score (nSPS) is 17.5. The third-order valence-corrected chi connectivity index (χ3v) is 4.27. The van der Waals surface area contributed by atoms with Gasteiger partial charge in [0.05, 0.1) is 11.6 Å². The van der Waals surface area contributed by atoms with Crippen molar-refractivity contribution >= 4 is 5.91 Å². The summed E-state index contributed by atoms with van der Waals surface area (Å²) in [7, 11) is 0. The van der Waals surface area contributed by atoms with Gasteiger partial charge in [0.1, 0.15) is 6.04 Å². The molecule has 24 heavy (non-hydrogen) atoms. The summed E-state index contributed by atoms with van der Waals surface area (Å²) in [6, 6.07) is 8.62. The van der Waals surface area contributed by atoms with Crippen molar-refractivity contribution in [3.8, 4) is 6.07 Å². The number of rotatable bonds is 4. The molecule has 1 amide bonds. The van der Waals surface area contributed by atoms with Crippen molar-refractivity contribution in [3.05, 3.63) is 47.1 Å². The fraction of sp³-hybridized carbons (Fsp3) is 0.444. The molecule has 1 atom stereocenters. The molecule has 1 fully saturated rings. The van der Waals surface area contributed by atoms with Crippen LogP contribution in [-0.2, 0) is 6.42 Å². The van der Waals surface area contributed by atoms with E-state index in [9.17, 15) is 4.79 Å². The van der Waals surface area contributed by atoms with Crippen molar-refractivity contribution < 1.29 is 9.32 Å². The van der Waals surface area contributed by atoms with Crippen LogP contribution in [0.15, 0.2) is 28.8 Å². The van der Waals surface area contributed by atoms with E-state index in [2.05, 4.69) is 23.1 Å². The molecule has 0 N–H and O–H groups in total. The van der Waals surface area contributed by atoms with Gasteiger partial charge in [-0.15, -0.1) is 0 Å². The molecule has 1 aromatic carbocycles. The summed E-state index contributed by atoms with van der Waals surface area (Å²) in [5.74, 6) is 1.17. The summed E-state index contributed by atoms with van der Waals surface area (Å²) >= 11 is 0. The summed E-state index contributed by atoms with van der Waals surface area (Å²) < 4.78 is 5.41. The average molecular weight is 324 g/mol. The molecule has 3 rings (SSSR count). The fourth-order valence-corrected chi connectivity index (χ4v) is 3.01. The lowest BCUT2D eigenvalue weighted by atomic mass is 10.0. The zero-order valence-corrected chi connectivity index (χ0v) is 13.7. The van der Waals surface area contributed by atoms with Crippen LogP contribution in [0.4, 0.5) is 0 Å². The summed E-state index contributed by atoms with van der Waals surface area (Å²) in [4.78, 5) is 19.1. The molecule has 0 radical (unpaired) electrons. The number of carbonyl (C=O) groups excluding carboxylic acids is 1. The molecule has 2 heterocycles. The Morgan fingerprint density at radius 3 is 2.88 bits per heavy atom. The summed E-state index contributed by atoms with van der Waals surface area (Å²) in [5, 5.41) is 12.9. The number of amides is 1. The summed E-state index contributed by atoms with van der Waals surface area (Å²) in [6.45, 7) is 2.74. The lowest BCUT2D eigenvalue weighted by Gasteiger charge is -2.33. The first-order valence-corrected chi connectivity index (χ1v) is 8.36. The molecule has 1 aliphatic heterocycles. The number of aryl methyl sites for hydroxylation is 1. The van der Waals surface area contributed by atoms with Crippen molar-refractivity contribution in [2.24, 2.45) is 0 Å². The van der Waals surface area contributed by atoms with Gasteiger partial charge in [-0.1, -0.05) is 12.1 Å². The SMILES string of the molecule is CCCc1noc([C@H]2CCCCN2C(=O)c2ccc(C#N)cc2)n1. The Morgan fingerprint density at radius 1 is 1.38 bits per heavy atom. The highest BCUT2D eigenvalue weighted by Gasteiger charge is 2.32. The minimum absolute atomic E-state index is 0.0561. The van der Waals surface area contributed by atoms with Crippen LogP contribution in [0, 0.1) is 11.3 Å². The van der Waals surface area contributed by atoms with E-state index in [1.165, 1.54) is 0 Å². The lowest BCUT2D eigenvalue weighted by molar-refractivity contribution is 0.0561. The number of carbonyl (C=O) groups is 1. The third kappa shape index (κ3) is 3.30. The molecule has 6 nitrogen and oxygen atoms in total. The lowest BCUT2D eigenvalue weighted by Crippen LogP contribution is -2.38. The van der Waals surface area contributed by atoms with Crippen molar-refractivity contribution in [1.82, 2.24) is 15.0 Å². The predicted molar refractivity (Wildman–Crippen MR) is 87.1 cm³/mol. The average Bonchev–Trinajstić information content (AvgIpc) is 3.10. The Kier molecular flexibility index (Phi) is 4.90. The van der Waals surface area contributed by atoms with Crippen LogP contribution >= 0.6 is 0 Å². The molecule has 0 bridgehead atoms. The standard InChI is InChI=1S/C18H20N4O2/c1-2-5-16-20-17(24-21-16)15-6-3-4-11-22(15)18(23)14-9-7-13(12-19)8-10-14/h7-10,15H,2-6,11H2,1H3/t15-/m1/s1. The molecular formula is C18H20N4O2. The second kappa shape index (κ2) is 7.26. The number of nitrogens with zero attached hydrogens (tertiary/aromatic N) is 4. The van der Waals surface area contributed by atoms with Gasteiger partial charge in [-0.3, -0.25) is 4.79 Å². The molecule has 2 aromatic rings. The first-order chi connectivity index (χ1) is 11.7. The van der Waals surface area contributed by atoms with E-state index in [-0.39, 0.29) is 11.9 Å². The molecule has 0 spiro atoms. The fourth-order valence-electron chi connectivity index (χ4n) is 3.01. The van der Waals surface area contributed by atoms with Gasteiger partial charge in [-0.05, 0) is 49.9 Å². The van der Waals surface area contributed by atoms with Crippen LogP contribution in [0.25, 0.3) is 0 Å². The Hall–Kier alpha value is -2.68. The smallest absolute Gasteiger partial charge is 0.254 e. The van der Waals surface area contributed by atoms with Gasteiger partial charge in [0.25, 0.3) is 5.91 Å². The Bertz CT molecular complexity index is 745. The van der Waals surface area contributed by atoms with E-state index in [0.29, 0.717) is 29.4 Å². The number of likely N-dealkylation sites (tertiary alicyclic amines) is 1. The van der Waals surface area contributed by atoms with Crippen LogP contribution in [0.1, 0.15) is 66.3 Å². The first kappa shape index (κ1) is 16.2. The molecule has 0 unspecified atom stereocenters. The van der Waals surface area contributed by atoms with Crippen molar-refractivity contribution in [3.63, 3.8) is 0 Å². The van der Waals surface area contributed by atoms with Crippen LogP contribution < -0.4 is 0 Å². The molecule has 1 saturated heterocycles. The minimum atomic E-state index is -0.167. The highest BCUT2D eigenvalue weighted by atomic mass is 16.5. The van der Waals surface area contributed by atoms with Crippen LogP contribution in [0.5, 0.6) is 0 Å². The van der Waals surface area contributed by atoms with Crippen molar-refractivity contribution in [2.45, 2.75) is 45.1 Å². The van der Waals surface area contributed by atoms with Crippen LogP contribution in [0.2, 0.25) is 0 Å². The van der Waals surface area contributed by atoms with E-state index in [1.54, 1.807) is 24.3 Å². The van der Waals surface area contributed by atoms with Crippen LogP contribution in [-0.4, -0.2) is 27.5 Å². The maximum atomic E-state index is 12.9. The maximum Gasteiger partial charge on any atom is 0.254 e. The Labute approximate surface area is 141 Å². The van der Waals surface area contributed by atoms with Crippen molar-refractivity contribution in [2.75, 3.05) is 6.54 Å². The van der Waals surface area contributed by atoms with Gasteiger partial charge in [0, 0.05) is 18.5 Å². The van der Waals surface area contributed by atoms with Gasteiger partial charge >= 0.3 is 0 Å². The topological polar surface area (TPSA) is 83.0 Å². The molecular weight excluding hydrogens is 304 g/mol. The molecule has 124 valence electrons. The number of aromatic nitrogens is 2. The number of nitriles is 1. The van der Waals surface area contributed by atoms with Gasteiger partial charge in [0.2, 0.25) is 5.89 Å². The van der Waals surface area contributed by atoms with E-state index < -0.39 is 0 Å². The number of hydrogen-bond donors (Lipinski definition) is 0. The Balaban J connectivity index is 1.82.